The van der Waals surface area contributed by atoms with Crippen molar-refractivity contribution < 1.29 is 3.79 Å². The summed E-state index contributed by atoms with van der Waals surface area (Å²) in [5.74, 6) is 0. The molecule has 0 aliphatic heterocycles. The first kappa shape index (κ1) is 41.5. The van der Waals surface area contributed by atoms with E-state index in [1.807, 2.05) is 0 Å². The number of hydrogen-bond donors (Lipinski definition) is 0. The first-order valence-electron chi connectivity index (χ1n) is 19.9. The normalized spacial score (nSPS) is 11.6. The van der Waals surface area contributed by atoms with Gasteiger partial charge in [-0.05, 0) is 13.8 Å². The number of rotatable bonds is 36. The van der Waals surface area contributed by atoms with Gasteiger partial charge in [0.15, 0.2) is 0 Å². The fraction of sp³-hybridized carbons (Fsp3) is 1.00. The third-order valence-corrected chi connectivity index (χ3v) is 12.3. The molecule has 0 aliphatic carbocycles. The maximum Gasteiger partial charge on any atom is 0.460 e. The van der Waals surface area contributed by atoms with Gasteiger partial charge in [0.1, 0.15) is 0 Å². The standard InChI is InChI=1S/2C18H37.C3H7O.Al/c2*1-3-5-7-9-11-13-15-17-18-16-14-12-10-8-6-4-2;1-3(2)4;/h2*1,3-18H2,2H3;3H,1-2H3;/q;;-1;+1. The Hall–Kier alpha value is 0.492. The quantitative estimate of drug-likeness (QED) is 0.0519. The molecule has 0 aliphatic rings. The second kappa shape index (κ2) is 36.7. The van der Waals surface area contributed by atoms with Gasteiger partial charge < -0.3 is 3.79 Å². The summed E-state index contributed by atoms with van der Waals surface area (Å²) in [5.41, 5.74) is 0. The van der Waals surface area contributed by atoms with Crippen LogP contribution in [0.4, 0.5) is 0 Å². The van der Waals surface area contributed by atoms with E-state index in [2.05, 4.69) is 27.7 Å². The Labute approximate surface area is 267 Å². The summed E-state index contributed by atoms with van der Waals surface area (Å²) in [4.78, 5) is 0. The van der Waals surface area contributed by atoms with E-state index in [9.17, 15) is 0 Å². The lowest BCUT2D eigenvalue weighted by molar-refractivity contribution is 0.239. The van der Waals surface area contributed by atoms with Gasteiger partial charge in [0, 0.05) is 6.10 Å². The van der Waals surface area contributed by atoms with E-state index in [0.29, 0.717) is 6.10 Å². The molecule has 0 radical (unpaired) electrons. The largest absolute Gasteiger partial charge is 0.499 e. The molecule has 0 N–H and O–H groups in total. The van der Waals surface area contributed by atoms with Crippen LogP contribution in [0.15, 0.2) is 0 Å². The summed E-state index contributed by atoms with van der Waals surface area (Å²) in [7, 11) is 0. The molecule has 0 aromatic heterocycles. The Morgan fingerprint density at radius 1 is 0.317 bits per heavy atom. The van der Waals surface area contributed by atoms with Gasteiger partial charge in [-0.1, -0.05) is 230 Å². The summed E-state index contributed by atoms with van der Waals surface area (Å²) in [6.07, 6.45) is 47.2. The van der Waals surface area contributed by atoms with E-state index in [1.54, 1.807) is 0 Å². The maximum absolute atomic E-state index is 6.44. The number of hydrogen-bond acceptors (Lipinski definition) is 1. The maximum atomic E-state index is 6.44. The fourth-order valence-electron chi connectivity index (χ4n) is 6.51. The van der Waals surface area contributed by atoms with Crippen molar-refractivity contribution in [3.63, 3.8) is 0 Å². The van der Waals surface area contributed by atoms with Crippen molar-refractivity contribution in [3.05, 3.63) is 0 Å². The van der Waals surface area contributed by atoms with Crippen LogP contribution in [-0.4, -0.2) is 20.6 Å². The van der Waals surface area contributed by atoms with Crippen LogP contribution in [0.3, 0.4) is 0 Å². The molecule has 0 aromatic rings. The van der Waals surface area contributed by atoms with Crippen molar-refractivity contribution in [2.75, 3.05) is 0 Å². The van der Waals surface area contributed by atoms with Gasteiger partial charge in [-0.3, -0.25) is 0 Å². The molecule has 246 valence electrons. The molecule has 1 nitrogen and oxygen atoms in total. The first-order valence-corrected chi connectivity index (χ1v) is 22.0. The predicted octanol–water partition coefficient (Wildman–Crippen LogP) is 14.9. The molecule has 0 saturated heterocycles. The molecule has 0 fully saturated rings. The molecule has 0 aromatic carbocycles. The monoisotopic (exact) mass is 593 g/mol. The van der Waals surface area contributed by atoms with E-state index >= 15 is 0 Å². The van der Waals surface area contributed by atoms with Crippen molar-refractivity contribution in [2.45, 2.75) is 250 Å². The van der Waals surface area contributed by atoms with Gasteiger partial charge in [-0.2, -0.15) is 0 Å². The molecule has 0 amide bonds. The minimum atomic E-state index is -0.978. The molecule has 0 bridgehead atoms. The smallest absolute Gasteiger partial charge is 0.460 e. The summed E-state index contributed by atoms with van der Waals surface area (Å²) in [6, 6.07) is 0. The summed E-state index contributed by atoms with van der Waals surface area (Å²) in [6.45, 7) is 9.12. The molecule has 0 atom stereocenters. The molecule has 2 heteroatoms. The minimum Gasteiger partial charge on any atom is -0.499 e. The Bertz CT molecular complexity index is 415. The fourth-order valence-corrected chi connectivity index (χ4v) is 9.32. The highest BCUT2D eigenvalue weighted by molar-refractivity contribution is 6.51. The van der Waals surface area contributed by atoms with Crippen LogP contribution in [0.2, 0.25) is 10.6 Å². The van der Waals surface area contributed by atoms with Crippen LogP contribution in [-0.2, 0) is 3.79 Å². The van der Waals surface area contributed by atoms with Crippen LogP contribution in [0.1, 0.15) is 233 Å². The summed E-state index contributed by atoms with van der Waals surface area (Å²) >= 11 is -0.978. The average Bonchev–Trinajstić information content (AvgIpc) is 2.96. The zero-order chi connectivity index (χ0) is 29.9. The van der Waals surface area contributed by atoms with E-state index in [4.69, 9.17) is 3.79 Å². The van der Waals surface area contributed by atoms with Crippen molar-refractivity contribution >= 4 is 14.5 Å². The lowest BCUT2D eigenvalue weighted by atomic mass is 10.0. The molecule has 0 rings (SSSR count). The number of unbranched alkanes of at least 4 members (excludes halogenated alkanes) is 30. The van der Waals surface area contributed by atoms with Gasteiger partial charge in [0.2, 0.25) is 0 Å². The van der Waals surface area contributed by atoms with Gasteiger partial charge in [-0.25, -0.2) is 0 Å². The Morgan fingerprint density at radius 2 is 0.512 bits per heavy atom. The van der Waals surface area contributed by atoms with Crippen molar-refractivity contribution in [2.24, 2.45) is 0 Å². The Balaban J connectivity index is 3.46. The van der Waals surface area contributed by atoms with Crippen LogP contribution in [0.25, 0.3) is 0 Å². The lowest BCUT2D eigenvalue weighted by Gasteiger charge is -2.16. The van der Waals surface area contributed by atoms with Gasteiger partial charge in [0.25, 0.3) is 0 Å². The lowest BCUT2D eigenvalue weighted by Crippen LogP contribution is -2.22. The molecule has 0 saturated carbocycles. The van der Waals surface area contributed by atoms with Gasteiger partial charge in [-0.15, -0.1) is 0 Å². The molecule has 0 unspecified atom stereocenters. The third-order valence-electron chi connectivity index (χ3n) is 9.22. The van der Waals surface area contributed by atoms with Crippen LogP contribution < -0.4 is 0 Å². The molecular formula is C39H81AlO. The van der Waals surface area contributed by atoms with Crippen LogP contribution in [0.5, 0.6) is 0 Å². The van der Waals surface area contributed by atoms with Crippen molar-refractivity contribution in [3.8, 4) is 0 Å². The second-order valence-electron chi connectivity index (χ2n) is 14.0. The highest BCUT2D eigenvalue weighted by Gasteiger charge is 2.20. The van der Waals surface area contributed by atoms with E-state index in [-0.39, 0.29) is 0 Å². The highest BCUT2D eigenvalue weighted by atomic mass is 27.2. The topological polar surface area (TPSA) is 9.23 Å². The average molecular weight is 593 g/mol. The Morgan fingerprint density at radius 3 is 0.707 bits per heavy atom. The SMILES string of the molecule is CCCCCCCCCCCCCCCCC[CH2][Al]([CH2]CCCCCCCCCCCCCCCCC)[O]C(C)C. The molecule has 0 heterocycles. The summed E-state index contributed by atoms with van der Waals surface area (Å²) in [5, 5.41) is 2.85. The summed E-state index contributed by atoms with van der Waals surface area (Å²) < 4.78 is 6.44. The first-order chi connectivity index (χ1) is 20.2. The van der Waals surface area contributed by atoms with Gasteiger partial charge >= 0.3 is 14.5 Å². The third kappa shape index (κ3) is 36.6. The van der Waals surface area contributed by atoms with E-state index < -0.39 is 14.5 Å². The minimum absolute atomic E-state index is 0.439. The molecule has 0 spiro atoms. The van der Waals surface area contributed by atoms with Crippen LogP contribution >= 0.6 is 0 Å². The highest BCUT2D eigenvalue weighted by Crippen LogP contribution is 2.19. The predicted molar refractivity (Wildman–Crippen MR) is 191 cm³/mol. The second-order valence-corrected chi connectivity index (χ2v) is 16.7. The van der Waals surface area contributed by atoms with Crippen molar-refractivity contribution in [1.82, 2.24) is 0 Å². The zero-order valence-corrected chi connectivity index (χ0v) is 30.8. The van der Waals surface area contributed by atoms with E-state index in [1.165, 1.54) is 216 Å². The molecule has 41 heavy (non-hydrogen) atoms. The van der Waals surface area contributed by atoms with E-state index in [0.717, 1.165) is 0 Å². The molecular weight excluding hydrogens is 511 g/mol. The van der Waals surface area contributed by atoms with Crippen LogP contribution in [0, 0.1) is 0 Å². The Kier molecular flexibility index (Phi) is 37.1. The van der Waals surface area contributed by atoms with Crippen molar-refractivity contribution in [1.29, 1.82) is 0 Å². The zero-order valence-electron chi connectivity index (χ0n) is 29.6. The van der Waals surface area contributed by atoms with Gasteiger partial charge in [0.05, 0.1) is 0 Å².